The number of rotatable bonds is 7. The Morgan fingerprint density at radius 2 is 1.87 bits per heavy atom. The van der Waals surface area contributed by atoms with Crippen molar-refractivity contribution in [3.8, 4) is 17.4 Å². The maximum absolute atomic E-state index is 5.92. The van der Waals surface area contributed by atoms with Gasteiger partial charge in [0, 0.05) is 12.6 Å². The molecule has 0 spiro atoms. The van der Waals surface area contributed by atoms with E-state index in [0.29, 0.717) is 24.0 Å². The Labute approximate surface area is 136 Å². The van der Waals surface area contributed by atoms with Crippen LogP contribution in [0.1, 0.15) is 19.3 Å². The van der Waals surface area contributed by atoms with E-state index >= 15 is 0 Å². The van der Waals surface area contributed by atoms with Crippen molar-refractivity contribution in [1.29, 1.82) is 0 Å². The summed E-state index contributed by atoms with van der Waals surface area (Å²) in [6.45, 7) is 4.19. The average molecular weight is 317 g/mol. The van der Waals surface area contributed by atoms with Gasteiger partial charge in [-0.25, -0.2) is 9.97 Å². The SMILES string of the molecule is COc1cc2c(OC)ncnc2cc1OCCCN1CCCC1. The predicted octanol–water partition coefficient (Wildman–Crippen LogP) is 2.51. The number of aromatic nitrogens is 2. The van der Waals surface area contributed by atoms with Crippen LogP contribution in [0.3, 0.4) is 0 Å². The first-order valence-corrected chi connectivity index (χ1v) is 8.03. The van der Waals surface area contributed by atoms with E-state index in [1.807, 2.05) is 12.1 Å². The minimum atomic E-state index is 0.536. The average Bonchev–Trinajstić information content (AvgIpc) is 3.10. The second kappa shape index (κ2) is 7.46. The van der Waals surface area contributed by atoms with Gasteiger partial charge in [0.05, 0.1) is 31.7 Å². The Hall–Kier alpha value is -2.08. The molecule has 2 heterocycles. The molecule has 1 aromatic carbocycles. The van der Waals surface area contributed by atoms with Crippen molar-refractivity contribution >= 4 is 10.9 Å². The molecule has 6 heteroatoms. The molecule has 124 valence electrons. The Kier molecular flexibility index (Phi) is 5.12. The monoisotopic (exact) mass is 317 g/mol. The second-order valence-electron chi connectivity index (χ2n) is 5.65. The fourth-order valence-electron chi connectivity index (χ4n) is 2.95. The molecule has 0 saturated carbocycles. The van der Waals surface area contributed by atoms with Gasteiger partial charge in [0.1, 0.15) is 6.33 Å². The quantitative estimate of drug-likeness (QED) is 0.731. The molecule has 0 N–H and O–H groups in total. The van der Waals surface area contributed by atoms with Crippen LogP contribution in [-0.4, -0.2) is 55.3 Å². The number of benzene rings is 1. The van der Waals surface area contributed by atoms with E-state index in [2.05, 4.69) is 14.9 Å². The summed E-state index contributed by atoms with van der Waals surface area (Å²) in [5.41, 5.74) is 0.784. The van der Waals surface area contributed by atoms with Crippen LogP contribution in [0.4, 0.5) is 0 Å². The van der Waals surface area contributed by atoms with Crippen molar-refractivity contribution in [2.45, 2.75) is 19.3 Å². The third kappa shape index (κ3) is 3.64. The number of methoxy groups -OCH3 is 2. The summed E-state index contributed by atoms with van der Waals surface area (Å²) in [6, 6.07) is 3.75. The standard InChI is InChI=1S/C17H23N3O3/c1-21-15-10-13-14(18-12-19-17(13)22-2)11-16(15)23-9-5-8-20-6-3-4-7-20/h10-12H,3-9H2,1-2H3. The first-order chi connectivity index (χ1) is 11.3. The van der Waals surface area contributed by atoms with E-state index in [-0.39, 0.29) is 0 Å². The Bertz CT molecular complexity index is 657. The molecule has 1 aliphatic rings. The third-order valence-electron chi connectivity index (χ3n) is 4.15. The molecule has 1 aromatic heterocycles. The van der Waals surface area contributed by atoms with Gasteiger partial charge in [-0.05, 0) is 38.4 Å². The lowest BCUT2D eigenvalue weighted by molar-refractivity contribution is 0.254. The third-order valence-corrected chi connectivity index (χ3v) is 4.15. The van der Waals surface area contributed by atoms with Crippen molar-refractivity contribution in [2.75, 3.05) is 40.5 Å². The number of fused-ring (bicyclic) bond motifs is 1. The summed E-state index contributed by atoms with van der Waals surface area (Å²) in [4.78, 5) is 10.9. The van der Waals surface area contributed by atoms with Gasteiger partial charge in [-0.3, -0.25) is 0 Å². The summed E-state index contributed by atoms with van der Waals surface area (Å²) >= 11 is 0. The van der Waals surface area contributed by atoms with Gasteiger partial charge in [0.15, 0.2) is 11.5 Å². The molecular weight excluding hydrogens is 294 g/mol. The smallest absolute Gasteiger partial charge is 0.224 e. The fourth-order valence-corrected chi connectivity index (χ4v) is 2.95. The highest BCUT2D eigenvalue weighted by atomic mass is 16.5. The molecule has 1 aliphatic heterocycles. The largest absolute Gasteiger partial charge is 0.493 e. The molecule has 0 atom stereocenters. The fraction of sp³-hybridized carbons (Fsp3) is 0.529. The van der Waals surface area contributed by atoms with Crippen molar-refractivity contribution in [3.63, 3.8) is 0 Å². The second-order valence-corrected chi connectivity index (χ2v) is 5.65. The lowest BCUT2D eigenvalue weighted by Gasteiger charge is -2.16. The highest BCUT2D eigenvalue weighted by Crippen LogP contribution is 2.34. The van der Waals surface area contributed by atoms with Crippen LogP contribution in [0.2, 0.25) is 0 Å². The van der Waals surface area contributed by atoms with E-state index in [0.717, 1.165) is 23.9 Å². The lowest BCUT2D eigenvalue weighted by Crippen LogP contribution is -2.21. The number of likely N-dealkylation sites (tertiary alicyclic amines) is 1. The molecule has 0 radical (unpaired) electrons. The number of hydrogen-bond donors (Lipinski definition) is 0. The molecule has 2 aromatic rings. The number of hydrogen-bond acceptors (Lipinski definition) is 6. The summed E-state index contributed by atoms with van der Waals surface area (Å²) in [6.07, 6.45) is 5.14. The van der Waals surface area contributed by atoms with E-state index in [4.69, 9.17) is 14.2 Å². The Balaban J connectivity index is 1.69. The van der Waals surface area contributed by atoms with Gasteiger partial charge in [0.25, 0.3) is 0 Å². The number of ether oxygens (including phenoxy) is 3. The zero-order valence-electron chi connectivity index (χ0n) is 13.7. The zero-order chi connectivity index (χ0) is 16.1. The molecule has 0 bridgehead atoms. The zero-order valence-corrected chi connectivity index (χ0v) is 13.7. The molecule has 0 unspecified atom stereocenters. The van der Waals surface area contributed by atoms with Gasteiger partial charge in [0.2, 0.25) is 5.88 Å². The molecule has 1 saturated heterocycles. The molecule has 23 heavy (non-hydrogen) atoms. The van der Waals surface area contributed by atoms with E-state index in [1.165, 1.54) is 32.3 Å². The van der Waals surface area contributed by atoms with E-state index in [9.17, 15) is 0 Å². The van der Waals surface area contributed by atoms with E-state index in [1.54, 1.807) is 14.2 Å². The molecule has 3 rings (SSSR count). The van der Waals surface area contributed by atoms with Gasteiger partial charge >= 0.3 is 0 Å². The highest BCUT2D eigenvalue weighted by Gasteiger charge is 2.13. The summed E-state index contributed by atoms with van der Waals surface area (Å²) in [5, 5.41) is 0.816. The summed E-state index contributed by atoms with van der Waals surface area (Å²) < 4.78 is 16.6. The summed E-state index contributed by atoms with van der Waals surface area (Å²) in [5.74, 6) is 1.92. The minimum Gasteiger partial charge on any atom is -0.493 e. The summed E-state index contributed by atoms with van der Waals surface area (Å²) in [7, 11) is 3.23. The van der Waals surface area contributed by atoms with Crippen LogP contribution in [0.15, 0.2) is 18.5 Å². The molecular formula is C17H23N3O3. The van der Waals surface area contributed by atoms with Crippen LogP contribution in [-0.2, 0) is 0 Å². The normalized spacial score (nSPS) is 15.0. The van der Waals surface area contributed by atoms with Crippen molar-refractivity contribution in [1.82, 2.24) is 14.9 Å². The van der Waals surface area contributed by atoms with Crippen LogP contribution in [0, 0.1) is 0 Å². The van der Waals surface area contributed by atoms with Crippen LogP contribution in [0.25, 0.3) is 10.9 Å². The van der Waals surface area contributed by atoms with Crippen molar-refractivity contribution in [3.05, 3.63) is 18.5 Å². The van der Waals surface area contributed by atoms with Crippen molar-refractivity contribution in [2.24, 2.45) is 0 Å². The maximum atomic E-state index is 5.92. The van der Waals surface area contributed by atoms with Gasteiger partial charge in [-0.15, -0.1) is 0 Å². The molecule has 0 aliphatic carbocycles. The lowest BCUT2D eigenvalue weighted by atomic mass is 10.2. The first-order valence-electron chi connectivity index (χ1n) is 8.03. The Morgan fingerprint density at radius 1 is 1.04 bits per heavy atom. The van der Waals surface area contributed by atoms with Crippen LogP contribution < -0.4 is 14.2 Å². The van der Waals surface area contributed by atoms with Crippen LogP contribution >= 0.6 is 0 Å². The van der Waals surface area contributed by atoms with Gasteiger partial charge in [-0.2, -0.15) is 0 Å². The van der Waals surface area contributed by atoms with Crippen molar-refractivity contribution < 1.29 is 14.2 Å². The highest BCUT2D eigenvalue weighted by molar-refractivity contribution is 5.86. The predicted molar refractivity (Wildman–Crippen MR) is 88.4 cm³/mol. The van der Waals surface area contributed by atoms with Gasteiger partial charge < -0.3 is 19.1 Å². The topological polar surface area (TPSA) is 56.7 Å². The number of nitrogens with zero attached hydrogens (tertiary/aromatic N) is 3. The molecule has 6 nitrogen and oxygen atoms in total. The maximum Gasteiger partial charge on any atom is 0.224 e. The molecule has 1 fully saturated rings. The first kappa shape index (κ1) is 15.8. The van der Waals surface area contributed by atoms with Crippen LogP contribution in [0.5, 0.6) is 17.4 Å². The molecule has 0 amide bonds. The minimum absolute atomic E-state index is 0.536. The van der Waals surface area contributed by atoms with Gasteiger partial charge in [-0.1, -0.05) is 0 Å². The Morgan fingerprint density at radius 3 is 2.61 bits per heavy atom. The van der Waals surface area contributed by atoms with E-state index < -0.39 is 0 Å².